The van der Waals surface area contributed by atoms with E-state index in [1.54, 1.807) is 6.07 Å². The van der Waals surface area contributed by atoms with Crippen LogP contribution in [0, 0.1) is 19.8 Å². The van der Waals surface area contributed by atoms with E-state index in [1.807, 2.05) is 20.8 Å². The van der Waals surface area contributed by atoms with Crippen LogP contribution in [0.1, 0.15) is 17.4 Å². The molecule has 0 aromatic carbocycles. The Morgan fingerprint density at radius 2 is 2.11 bits per heavy atom. The van der Waals surface area contributed by atoms with Gasteiger partial charge in [-0.25, -0.2) is 8.42 Å². The van der Waals surface area contributed by atoms with E-state index in [9.17, 15) is 12.6 Å². The van der Waals surface area contributed by atoms with Crippen molar-refractivity contribution in [3.8, 4) is 0 Å². The van der Waals surface area contributed by atoms with Gasteiger partial charge in [0.1, 0.15) is 4.21 Å². The number of hydrogen-bond donors (Lipinski definition) is 0. The molecule has 1 aliphatic rings. The zero-order chi connectivity index (χ0) is 14.2. The van der Waals surface area contributed by atoms with Crippen LogP contribution in [-0.2, 0) is 20.8 Å². The number of aryl methyl sites for hydroxylation is 2. The fourth-order valence-corrected chi connectivity index (χ4v) is 6.79. The maximum Gasteiger partial charge on any atom is 0.252 e. The summed E-state index contributed by atoms with van der Waals surface area (Å²) < 4.78 is 38.7. The SMILES string of the molecule is Cc1cc(S(=O)(=O)N2CCS(=O)CC(C)C2)sc1C. The summed E-state index contributed by atoms with van der Waals surface area (Å²) in [5, 5.41) is 0. The van der Waals surface area contributed by atoms with Crippen LogP contribution < -0.4 is 0 Å². The van der Waals surface area contributed by atoms with Gasteiger partial charge in [0.05, 0.1) is 0 Å². The number of nitrogens with zero attached hydrogens (tertiary/aromatic N) is 1. The Hall–Kier alpha value is -0.240. The predicted molar refractivity (Wildman–Crippen MR) is 79.6 cm³/mol. The molecule has 2 atom stereocenters. The fraction of sp³-hybridized carbons (Fsp3) is 0.667. The zero-order valence-corrected chi connectivity index (χ0v) is 13.8. The van der Waals surface area contributed by atoms with Crippen molar-refractivity contribution in [3.05, 3.63) is 16.5 Å². The maximum absolute atomic E-state index is 12.6. The van der Waals surface area contributed by atoms with Crippen molar-refractivity contribution in [3.63, 3.8) is 0 Å². The predicted octanol–water partition coefficient (Wildman–Crippen LogP) is 1.75. The molecular weight excluding hydrogens is 302 g/mol. The van der Waals surface area contributed by atoms with Crippen molar-refractivity contribution >= 4 is 32.2 Å². The molecule has 0 aliphatic carbocycles. The number of rotatable bonds is 2. The van der Waals surface area contributed by atoms with Gasteiger partial charge in [0.2, 0.25) is 0 Å². The second kappa shape index (κ2) is 5.63. The first kappa shape index (κ1) is 15.2. The Morgan fingerprint density at radius 3 is 2.68 bits per heavy atom. The van der Waals surface area contributed by atoms with Crippen molar-refractivity contribution in [2.45, 2.75) is 25.0 Å². The molecule has 1 aromatic heterocycles. The van der Waals surface area contributed by atoms with E-state index in [2.05, 4.69) is 0 Å². The maximum atomic E-state index is 12.6. The molecule has 2 heterocycles. The number of sulfonamides is 1. The normalized spacial score (nSPS) is 26.3. The summed E-state index contributed by atoms with van der Waals surface area (Å²) in [6, 6.07) is 1.74. The van der Waals surface area contributed by atoms with E-state index in [-0.39, 0.29) is 5.92 Å². The van der Waals surface area contributed by atoms with Crippen LogP contribution in [0.2, 0.25) is 0 Å². The minimum atomic E-state index is -3.43. The third-order valence-corrected chi connectivity index (χ3v) is 8.34. The highest BCUT2D eigenvalue weighted by Gasteiger charge is 2.30. The third-order valence-electron chi connectivity index (χ3n) is 3.29. The van der Waals surface area contributed by atoms with Gasteiger partial charge in [-0.3, -0.25) is 4.21 Å². The van der Waals surface area contributed by atoms with E-state index in [1.165, 1.54) is 15.6 Å². The van der Waals surface area contributed by atoms with Gasteiger partial charge in [0.25, 0.3) is 10.0 Å². The second-order valence-electron chi connectivity index (χ2n) is 5.08. The highest BCUT2D eigenvalue weighted by molar-refractivity contribution is 7.91. The molecule has 2 unspecified atom stereocenters. The lowest BCUT2D eigenvalue weighted by molar-refractivity contribution is 0.393. The monoisotopic (exact) mass is 321 g/mol. The topological polar surface area (TPSA) is 54.5 Å². The summed E-state index contributed by atoms with van der Waals surface area (Å²) in [6.45, 7) is 6.63. The van der Waals surface area contributed by atoms with Gasteiger partial charge in [-0.05, 0) is 31.4 Å². The Labute approximate surface area is 121 Å². The van der Waals surface area contributed by atoms with Gasteiger partial charge in [0, 0.05) is 40.3 Å². The quantitative estimate of drug-likeness (QED) is 0.834. The van der Waals surface area contributed by atoms with Gasteiger partial charge < -0.3 is 0 Å². The molecule has 0 radical (unpaired) electrons. The minimum Gasteiger partial charge on any atom is -0.260 e. The lowest BCUT2D eigenvalue weighted by atomic mass is 10.2. The molecule has 0 amide bonds. The van der Waals surface area contributed by atoms with Crippen LogP contribution in [0.15, 0.2) is 10.3 Å². The van der Waals surface area contributed by atoms with Gasteiger partial charge in [-0.1, -0.05) is 6.92 Å². The Bertz CT molecular complexity index is 572. The van der Waals surface area contributed by atoms with Crippen LogP contribution in [0.25, 0.3) is 0 Å². The van der Waals surface area contributed by atoms with E-state index in [0.717, 1.165) is 10.4 Å². The molecule has 2 rings (SSSR count). The average Bonchev–Trinajstić information content (AvgIpc) is 2.55. The molecule has 1 fully saturated rings. The molecule has 0 saturated carbocycles. The van der Waals surface area contributed by atoms with Crippen molar-refractivity contribution in [1.29, 1.82) is 0 Å². The molecule has 0 bridgehead atoms. The molecule has 19 heavy (non-hydrogen) atoms. The summed E-state index contributed by atoms with van der Waals surface area (Å²) in [7, 11) is -4.33. The second-order valence-corrected chi connectivity index (χ2v) is 10.1. The number of hydrogen-bond acceptors (Lipinski definition) is 4. The standard InChI is InChI=1S/C12H19NO3S3/c1-9-7-13(4-5-18(14)8-9)19(15,16)12-6-10(2)11(3)17-12/h6,9H,4-5,7-8H2,1-3H3. The summed E-state index contributed by atoms with van der Waals surface area (Å²) in [5.74, 6) is 1.17. The molecular formula is C12H19NO3S3. The van der Waals surface area contributed by atoms with Crippen molar-refractivity contribution in [2.75, 3.05) is 24.6 Å². The Kier molecular flexibility index (Phi) is 4.49. The van der Waals surface area contributed by atoms with Gasteiger partial charge in [-0.2, -0.15) is 4.31 Å². The largest absolute Gasteiger partial charge is 0.260 e. The molecule has 0 N–H and O–H groups in total. The van der Waals surface area contributed by atoms with E-state index < -0.39 is 20.8 Å². The van der Waals surface area contributed by atoms with E-state index in [0.29, 0.717) is 28.8 Å². The first-order valence-electron chi connectivity index (χ1n) is 6.23. The smallest absolute Gasteiger partial charge is 0.252 e. The Balaban J connectivity index is 2.31. The first-order chi connectivity index (χ1) is 8.80. The highest BCUT2D eigenvalue weighted by Crippen LogP contribution is 2.28. The van der Waals surface area contributed by atoms with E-state index >= 15 is 0 Å². The van der Waals surface area contributed by atoms with Crippen LogP contribution in [0.4, 0.5) is 0 Å². The molecule has 4 nitrogen and oxygen atoms in total. The molecule has 1 aromatic rings. The van der Waals surface area contributed by atoms with Crippen molar-refractivity contribution < 1.29 is 12.6 Å². The van der Waals surface area contributed by atoms with Crippen molar-refractivity contribution in [2.24, 2.45) is 5.92 Å². The molecule has 7 heteroatoms. The van der Waals surface area contributed by atoms with Gasteiger partial charge in [-0.15, -0.1) is 11.3 Å². The minimum absolute atomic E-state index is 0.139. The van der Waals surface area contributed by atoms with Crippen LogP contribution in [0.3, 0.4) is 0 Å². The van der Waals surface area contributed by atoms with E-state index in [4.69, 9.17) is 0 Å². The summed E-state index contributed by atoms with van der Waals surface area (Å²) in [6.07, 6.45) is 0. The van der Waals surface area contributed by atoms with Gasteiger partial charge in [0.15, 0.2) is 0 Å². The molecule has 1 aliphatic heterocycles. The van der Waals surface area contributed by atoms with Crippen LogP contribution in [-0.4, -0.2) is 41.5 Å². The van der Waals surface area contributed by atoms with Gasteiger partial charge >= 0.3 is 0 Å². The number of thiophene rings is 1. The average molecular weight is 321 g/mol. The van der Waals surface area contributed by atoms with Crippen molar-refractivity contribution in [1.82, 2.24) is 4.31 Å². The highest BCUT2D eigenvalue weighted by atomic mass is 32.2. The lowest BCUT2D eigenvalue weighted by Crippen LogP contribution is -2.34. The fourth-order valence-electron chi connectivity index (χ4n) is 2.11. The molecule has 108 valence electrons. The zero-order valence-electron chi connectivity index (χ0n) is 11.4. The first-order valence-corrected chi connectivity index (χ1v) is 9.97. The Morgan fingerprint density at radius 1 is 1.42 bits per heavy atom. The summed E-state index contributed by atoms with van der Waals surface area (Å²) in [4.78, 5) is 1.03. The molecule has 1 saturated heterocycles. The third kappa shape index (κ3) is 3.26. The summed E-state index contributed by atoms with van der Waals surface area (Å²) >= 11 is 1.32. The summed E-state index contributed by atoms with van der Waals surface area (Å²) in [5.41, 5.74) is 1.01. The van der Waals surface area contributed by atoms with Crippen LogP contribution in [0.5, 0.6) is 0 Å². The van der Waals surface area contributed by atoms with Crippen LogP contribution >= 0.6 is 11.3 Å². The lowest BCUT2D eigenvalue weighted by Gasteiger charge is -2.20. The molecule has 0 spiro atoms.